The summed E-state index contributed by atoms with van der Waals surface area (Å²) in [4.78, 5) is 2.44. The van der Waals surface area contributed by atoms with Gasteiger partial charge in [-0.05, 0) is 45.6 Å². The van der Waals surface area contributed by atoms with Crippen LogP contribution in [0.3, 0.4) is 0 Å². The van der Waals surface area contributed by atoms with E-state index in [0.717, 1.165) is 18.5 Å². The van der Waals surface area contributed by atoms with Crippen LogP contribution in [0.1, 0.15) is 39.5 Å². The Balaban J connectivity index is 2.27. The summed E-state index contributed by atoms with van der Waals surface area (Å²) in [5.41, 5.74) is 5.79. The van der Waals surface area contributed by atoms with Crippen molar-refractivity contribution in [2.24, 2.45) is 11.7 Å². The average molecular weight is 184 g/mol. The summed E-state index contributed by atoms with van der Waals surface area (Å²) in [5, 5.41) is 0. The lowest BCUT2D eigenvalue weighted by molar-refractivity contribution is 0.164. The summed E-state index contributed by atoms with van der Waals surface area (Å²) in [6.45, 7) is 5.49. The predicted molar refractivity (Wildman–Crippen MR) is 57.7 cm³/mol. The zero-order valence-corrected chi connectivity index (χ0v) is 9.29. The molecule has 1 unspecified atom stereocenters. The number of rotatable bonds is 3. The van der Waals surface area contributed by atoms with Gasteiger partial charge >= 0.3 is 0 Å². The van der Waals surface area contributed by atoms with Crippen molar-refractivity contribution in [3.05, 3.63) is 0 Å². The number of hydrogen-bond donors (Lipinski definition) is 1. The van der Waals surface area contributed by atoms with Gasteiger partial charge in [-0.1, -0.05) is 6.92 Å². The Bertz CT molecular complexity index is 137. The van der Waals surface area contributed by atoms with Crippen molar-refractivity contribution in [1.82, 2.24) is 4.90 Å². The van der Waals surface area contributed by atoms with Crippen LogP contribution in [0.2, 0.25) is 0 Å². The van der Waals surface area contributed by atoms with E-state index in [1.165, 1.54) is 25.7 Å². The Kier molecular flexibility index (Phi) is 4.20. The standard InChI is InChI=1S/C11H24N2/c1-9-4-6-11(7-5-9)13(3)8-10(2)12/h9-11H,4-8,12H2,1-3H3. The van der Waals surface area contributed by atoms with E-state index in [-0.39, 0.29) is 0 Å². The van der Waals surface area contributed by atoms with Crippen molar-refractivity contribution in [3.63, 3.8) is 0 Å². The molecule has 1 rings (SSSR count). The fourth-order valence-electron chi connectivity index (χ4n) is 2.29. The highest BCUT2D eigenvalue weighted by molar-refractivity contribution is 4.77. The number of likely N-dealkylation sites (N-methyl/N-ethyl adjacent to an activating group) is 1. The van der Waals surface area contributed by atoms with Crippen LogP contribution in [0.15, 0.2) is 0 Å². The Morgan fingerprint density at radius 3 is 2.31 bits per heavy atom. The second-order valence-electron chi connectivity index (χ2n) is 4.83. The molecule has 0 aromatic heterocycles. The third-order valence-electron chi connectivity index (χ3n) is 3.18. The molecule has 2 N–H and O–H groups in total. The molecule has 1 aliphatic carbocycles. The molecule has 0 aromatic carbocycles. The summed E-state index contributed by atoms with van der Waals surface area (Å²) in [6.07, 6.45) is 5.52. The molecule has 0 radical (unpaired) electrons. The topological polar surface area (TPSA) is 29.3 Å². The van der Waals surface area contributed by atoms with Gasteiger partial charge in [-0.15, -0.1) is 0 Å². The first-order valence-electron chi connectivity index (χ1n) is 5.55. The van der Waals surface area contributed by atoms with Gasteiger partial charge in [-0.2, -0.15) is 0 Å². The predicted octanol–water partition coefficient (Wildman–Crippen LogP) is 1.84. The van der Waals surface area contributed by atoms with Crippen molar-refractivity contribution in [2.75, 3.05) is 13.6 Å². The minimum atomic E-state index is 0.310. The van der Waals surface area contributed by atoms with Crippen LogP contribution in [0.25, 0.3) is 0 Å². The molecule has 0 aromatic rings. The fraction of sp³-hybridized carbons (Fsp3) is 1.00. The van der Waals surface area contributed by atoms with E-state index in [1.807, 2.05) is 0 Å². The lowest BCUT2D eigenvalue weighted by Gasteiger charge is -2.34. The zero-order chi connectivity index (χ0) is 9.84. The number of hydrogen-bond acceptors (Lipinski definition) is 2. The molecule has 1 saturated carbocycles. The number of nitrogens with zero attached hydrogens (tertiary/aromatic N) is 1. The van der Waals surface area contributed by atoms with Crippen molar-refractivity contribution in [1.29, 1.82) is 0 Å². The van der Waals surface area contributed by atoms with E-state index in [1.54, 1.807) is 0 Å². The van der Waals surface area contributed by atoms with Gasteiger partial charge in [0.2, 0.25) is 0 Å². The van der Waals surface area contributed by atoms with Gasteiger partial charge in [0.25, 0.3) is 0 Å². The maximum atomic E-state index is 5.79. The zero-order valence-electron chi connectivity index (χ0n) is 9.29. The Hall–Kier alpha value is -0.0800. The van der Waals surface area contributed by atoms with Gasteiger partial charge in [0.15, 0.2) is 0 Å². The van der Waals surface area contributed by atoms with E-state index >= 15 is 0 Å². The van der Waals surface area contributed by atoms with Crippen LogP contribution >= 0.6 is 0 Å². The van der Waals surface area contributed by atoms with Crippen LogP contribution in [0.5, 0.6) is 0 Å². The van der Waals surface area contributed by atoms with Crippen molar-refractivity contribution < 1.29 is 0 Å². The monoisotopic (exact) mass is 184 g/mol. The normalized spacial score (nSPS) is 32.1. The molecule has 0 amide bonds. The van der Waals surface area contributed by atoms with E-state index in [2.05, 4.69) is 25.8 Å². The highest BCUT2D eigenvalue weighted by Crippen LogP contribution is 2.26. The van der Waals surface area contributed by atoms with E-state index < -0.39 is 0 Å². The summed E-state index contributed by atoms with van der Waals surface area (Å²) in [6, 6.07) is 1.10. The molecule has 1 fully saturated rings. The summed E-state index contributed by atoms with van der Waals surface area (Å²) in [5.74, 6) is 0.944. The van der Waals surface area contributed by atoms with E-state index in [0.29, 0.717) is 6.04 Å². The minimum Gasteiger partial charge on any atom is -0.327 e. The first-order valence-corrected chi connectivity index (χ1v) is 5.55. The second kappa shape index (κ2) is 4.97. The van der Waals surface area contributed by atoms with Gasteiger partial charge < -0.3 is 10.6 Å². The summed E-state index contributed by atoms with van der Waals surface area (Å²) >= 11 is 0. The highest BCUT2D eigenvalue weighted by atomic mass is 15.1. The molecule has 0 heterocycles. The number of nitrogens with two attached hydrogens (primary N) is 1. The molecule has 0 spiro atoms. The molecule has 0 bridgehead atoms. The summed E-state index contributed by atoms with van der Waals surface area (Å²) in [7, 11) is 2.21. The molecule has 13 heavy (non-hydrogen) atoms. The highest BCUT2D eigenvalue weighted by Gasteiger charge is 2.21. The Morgan fingerprint density at radius 1 is 1.31 bits per heavy atom. The van der Waals surface area contributed by atoms with E-state index in [4.69, 9.17) is 5.73 Å². The molecule has 0 saturated heterocycles. The molecule has 1 atom stereocenters. The molecule has 0 aliphatic heterocycles. The molecule has 2 nitrogen and oxygen atoms in total. The lowest BCUT2D eigenvalue weighted by atomic mass is 9.86. The average Bonchev–Trinajstić information content (AvgIpc) is 2.04. The Morgan fingerprint density at radius 2 is 1.85 bits per heavy atom. The maximum Gasteiger partial charge on any atom is 0.0139 e. The Labute approximate surface area is 82.5 Å². The van der Waals surface area contributed by atoms with Crippen molar-refractivity contribution in [3.8, 4) is 0 Å². The van der Waals surface area contributed by atoms with Crippen LogP contribution in [-0.2, 0) is 0 Å². The minimum absolute atomic E-state index is 0.310. The molecular formula is C11H24N2. The SMILES string of the molecule is CC(N)CN(C)C1CCC(C)CC1. The van der Waals surface area contributed by atoms with Gasteiger partial charge in [0, 0.05) is 18.6 Å². The lowest BCUT2D eigenvalue weighted by Crippen LogP contribution is -2.41. The maximum absolute atomic E-state index is 5.79. The van der Waals surface area contributed by atoms with Crippen LogP contribution < -0.4 is 5.73 Å². The smallest absolute Gasteiger partial charge is 0.0139 e. The third kappa shape index (κ3) is 3.65. The van der Waals surface area contributed by atoms with Crippen molar-refractivity contribution in [2.45, 2.75) is 51.6 Å². The van der Waals surface area contributed by atoms with Gasteiger partial charge in [-0.25, -0.2) is 0 Å². The van der Waals surface area contributed by atoms with Crippen molar-refractivity contribution >= 4 is 0 Å². The largest absolute Gasteiger partial charge is 0.327 e. The fourth-order valence-corrected chi connectivity index (χ4v) is 2.29. The van der Waals surface area contributed by atoms with Gasteiger partial charge in [-0.3, -0.25) is 0 Å². The molecule has 1 aliphatic rings. The molecule has 78 valence electrons. The van der Waals surface area contributed by atoms with Crippen LogP contribution in [0, 0.1) is 5.92 Å². The second-order valence-corrected chi connectivity index (χ2v) is 4.83. The van der Waals surface area contributed by atoms with Gasteiger partial charge in [0.05, 0.1) is 0 Å². The first kappa shape index (κ1) is 11.0. The quantitative estimate of drug-likeness (QED) is 0.725. The molecular weight excluding hydrogens is 160 g/mol. The van der Waals surface area contributed by atoms with Crippen LogP contribution in [-0.4, -0.2) is 30.6 Å². The van der Waals surface area contributed by atoms with Gasteiger partial charge in [0.1, 0.15) is 0 Å². The third-order valence-corrected chi connectivity index (χ3v) is 3.18. The molecule has 2 heteroatoms. The van der Waals surface area contributed by atoms with Crippen LogP contribution in [0.4, 0.5) is 0 Å². The van der Waals surface area contributed by atoms with E-state index in [9.17, 15) is 0 Å². The summed E-state index contributed by atoms with van der Waals surface area (Å²) < 4.78 is 0. The first-order chi connectivity index (χ1) is 6.09.